The summed E-state index contributed by atoms with van der Waals surface area (Å²) in [5.74, 6) is 1.58. The van der Waals surface area contributed by atoms with Crippen molar-refractivity contribution in [2.24, 2.45) is 0 Å². The molecule has 1 atom stereocenters. The normalized spacial score (nSPS) is 12.2. The fraction of sp³-hybridized carbons (Fsp3) is 0.400. The van der Waals surface area contributed by atoms with Crippen LogP contribution in [0.1, 0.15) is 13.3 Å². The maximum absolute atomic E-state index is 5.82. The minimum atomic E-state index is -0.256. The third kappa shape index (κ3) is 3.15. The summed E-state index contributed by atoms with van der Waals surface area (Å²) in [6.07, 6.45) is 0.785. The number of hydrogen-bond donors (Lipinski definition) is 0. The number of alkyl halides is 1. The van der Waals surface area contributed by atoms with E-state index in [1.165, 1.54) is 0 Å². The van der Waals surface area contributed by atoms with Gasteiger partial charge in [0.25, 0.3) is 0 Å². The molecule has 0 heterocycles. The lowest BCUT2D eigenvalue weighted by Gasteiger charge is -2.10. The standard InChI is InChI=1S/C10H13ClO2/c1-3-10(11)13-9-6-4-8(12-2)5-7-9/h4-7,10H,3H2,1-2H3. The first-order chi connectivity index (χ1) is 6.26. The summed E-state index contributed by atoms with van der Waals surface area (Å²) in [4.78, 5) is 0. The van der Waals surface area contributed by atoms with Crippen molar-refractivity contribution in [2.45, 2.75) is 18.9 Å². The van der Waals surface area contributed by atoms with Gasteiger partial charge in [-0.15, -0.1) is 0 Å². The number of rotatable bonds is 4. The van der Waals surface area contributed by atoms with Crippen LogP contribution < -0.4 is 9.47 Å². The first-order valence-electron chi connectivity index (χ1n) is 4.21. The van der Waals surface area contributed by atoms with Gasteiger partial charge in [-0.25, -0.2) is 0 Å². The molecule has 0 spiro atoms. The molecule has 0 aliphatic rings. The molecule has 0 aliphatic carbocycles. The summed E-state index contributed by atoms with van der Waals surface area (Å²) in [7, 11) is 1.63. The van der Waals surface area contributed by atoms with Crippen molar-refractivity contribution in [2.75, 3.05) is 7.11 Å². The fourth-order valence-electron chi connectivity index (χ4n) is 0.885. The van der Waals surface area contributed by atoms with Gasteiger partial charge >= 0.3 is 0 Å². The van der Waals surface area contributed by atoms with Gasteiger partial charge in [0.05, 0.1) is 7.11 Å². The molecule has 0 saturated heterocycles. The molecule has 0 aromatic heterocycles. The minimum absolute atomic E-state index is 0.256. The Morgan fingerprint density at radius 3 is 2.23 bits per heavy atom. The second-order valence-electron chi connectivity index (χ2n) is 2.61. The Kier molecular flexibility index (Phi) is 3.90. The largest absolute Gasteiger partial charge is 0.497 e. The van der Waals surface area contributed by atoms with Gasteiger partial charge in [-0.2, -0.15) is 0 Å². The molecule has 1 aromatic rings. The lowest BCUT2D eigenvalue weighted by atomic mass is 10.3. The highest BCUT2D eigenvalue weighted by Gasteiger charge is 2.02. The van der Waals surface area contributed by atoms with E-state index in [1.54, 1.807) is 7.11 Å². The zero-order chi connectivity index (χ0) is 9.68. The molecule has 1 unspecified atom stereocenters. The molecule has 0 bridgehead atoms. The summed E-state index contributed by atoms with van der Waals surface area (Å²) >= 11 is 5.82. The van der Waals surface area contributed by atoms with E-state index in [2.05, 4.69) is 0 Å². The number of hydrogen-bond acceptors (Lipinski definition) is 2. The number of benzene rings is 1. The van der Waals surface area contributed by atoms with E-state index in [0.29, 0.717) is 0 Å². The summed E-state index contributed by atoms with van der Waals surface area (Å²) in [6.45, 7) is 1.97. The SMILES string of the molecule is CCC(Cl)Oc1ccc(OC)cc1. The van der Waals surface area contributed by atoms with E-state index >= 15 is 0 Å². The topological polar surface area (TPSA) is 18.5 Å². The van der Waals surface area contributed by atoms with E-state index in [9.17, 15) is 0 Å². The number of ether oxygens (including phenoxy) is 2. The van der Waals surface area contributed by atoms with Crippen LogP contribution >= 0.6 is 11.6 Å². The van der Waals surface area contributed by atoms with Crippen molar-refractivity contribution in [1.29, 1.82) is 0 Å². The van der Waals surface area contributed by atoms with Crippen LogP contribution in [-0.2, 0) is 0 Å². The highest BCUT2D eigenvalue weighted by Crippen LogP contribution is 2.19. The van der Waals surface area contributed by atoms with Crippen molar-refractivity contribution in [3.8, 4) is 11.5 Å². The number of methoxy groups -OCH3 is 1. The second-order valence-corrected chi connectivity index (χ2v) is 3.10. The van der Waals surface area contributed by atoms with E-state index in [-0.39, 0.29) is 5.56 Å². The summed E-state index contributed by atoms with van der Waals surface area (Å²) in [5.41, 5.74) is -0.256. The third-order valence-electron chi connectivity index (χ3n) is 1.64. The maximum atomic E-state index is 5.82. The van der Waals surface area contributed by atoms with Gasteiger partial charge in [0.15, 0.2) is 5.56 Å². The molecule has 0 N–H and O–H groups in total. The molecule has 0 fully saturated rings. The fourth-order valence-corrected chi connectivity index (χ4v) is 0.988. The molecule has 0 aliphatic heterocycles. The molecular weight excluding hydrogens is 188 g/mol. The molecule has 72 valence electrons. The Morgan fingerprint density at radius 1 is 1.23 bits per heavy atom. The minimum Gasteiger partial charge on any atom is -0.497 e. The maximum Gasteiger partial charge on any atom is 0.171 e. The van der Waals surface area contributed by atoms with Crippen molar-refractivity contribution >= 4 is 11.6 Å². The predicted octanol–water partition coefficient (Wildman–Crippen LogP) is 3.05. The molecule has 0 saturated carbocycles. The number of halogens is 1. The zero-order valence-corrected chi connectivity index (χ0v) is 8.54. The van der Waals surface area contributed by atoms with E-state index in [1.807, 2.05) is 31.2 Å². The Balaban J connectivity index is 2.58. The first-order valence-corrected chi connectivity index (χ1v) is 4.64. The van der Waals surface area contributed by atoms with Crippen molar-refractivity contribution in [3.63, 3.8) is 0 Å². The zero-order valence-electron chi connectivity index (χ0n) is 7.79. The van der Waals surface area contributed by atoms with E-state index in [0.717, 1.165) is 17.9 Å². The lowest BCUT2D eigenvalue weighted by Crippen LogP contribution is -2.06. The molecule has 1 rings (SSSR count). The van der Waals surface area contributed by atoms with Crippen LogP contribution in [0.4, 0.5) is 0 Å². The van der Waals surface area contributed by atoms with Crippen LogP contribution in [0, 0.1) is 0 Å². The Hall–Kier alpha value is -0.890. The van der Waals surface area contributed by atoms with Crippen molar-refractivity contribution < 1.29 is 9.47 Å². The Morgan fingerprint density at radius 2 is 1.77 bits per heavy atom. The highest BCUT2D eigenvalue weighted by atomic mass is 35.5. The first kappa shape index (κ1) is 10.2. The Labute approximate surface area is 83.4 Å². The van der Waals surface area contributed by atoms with Crippen LogP contribution in [0.2, 0.25) is 0 Å². The van der Waals surface area contributed by atoms with Gasteiger partial charge in [-0.1, -0.05) is 18.5 Å². The van der Waals surface area contributed by atoms with Crippen molar-refractivity contribution in [3.05, 3.63) is 24.3 Å². The molecule has 1 aromatic carbocycles. The van der Waals surface area contributed by atoms with Crippen LogP contribution in [-0.4, -0.2) is 12.7 Å². The monoisotopic (exact) mass is 200 g/mol. The van der Waals surface area contributed by atoms with Crippen LogP contribution in [0.5, 0.6) is 11.5 Å². The van der Waals surface area contributed by atoms with Crippen LogP contribution in [0.25, 0.3) is 0 Å². The van der Waals surface area contributed by atoms with Crippen molar-refractivity contribution in [1.82, 2.24) is 0 Å². The average molecular weight is 201 g/mol. The molecular formula is C10H13ClO2. The second kappa shape index (κ2) is 4.97. The third-order valence-corrected chi connectivity index (χ3v) is 2.04. The average Bonchev–Trinajstić information content (AvgIpc) is 2.19. The molecule has 13 heavy (non-hydrogen) atoms. The quantitative estimate of drug-likeness (QED) is 0.696. The van der Waals surface area contributed by atoms with Gasteiger partial charge < -0.3 is 9.47 Å². The summed E-state index contributed by atoms with van der Waals surface area (Å²) < 4.78 is 10.4. The van der Waals surface area contributed by atoms with Gasteiger partial charge in [-0.05, 0) is 30.7 Å². The van der Waals surface area contributed by atoms with Crippen LogP contribution in [0.15, 0.2) is 24.3 Å². The van der Waals surface area contributed by atoms with E-state index in [4.69, 9.17) is 21.1 Å². The Bertz CT molecular complexity index is 246. The summed E-state index contributed by atoms with van der Waals surface area (Å²) in [5, 5.41) is 0. The summed E-state index contributed by atoms with van der Waals surface area (Å²) in [6, 6.07) is 7.36. The highest BCUT2D eigenvalue weighted by molar-refractivity contribution is 6.19. The molecule has 3 heteroatoms. The predicted molar refractivity (Wildman–Crippen MR) is 53.6 cm³/mol. The van der Waals surface area contributed by atoms with Crippen LogP contribution in [0.3, 0.4) is 0 Å². The van der Waals surface area contributed by atoms with Gasteiger partial charge in [0.1, 0.15) is 11.5 Å². The van der Waals surface area contributed by atoms with Gasteiger partial charge in [0, 0.05) is 0 Å². The van der Waals surface area contributed by atoms with Gasteiger partial charge in [-0.3, -0.25) is 0 Å². The molecule has 0 radical (unpaired) electrons. The lowest BCUT2D eigenvalue weighted by molar-refractivity contribution is 0.276. The molecule has 2 nitrogen and oxygen atoms in total. The molecule has 0 amide bonds. The van der Waals surface area contributed by atoms with E-state index < -0.39 is 0 Å². The smallest absolute Gasteiger partial charge is 0.171 e. The van der Waals surface area contributed by atoms with Gasteiger partial charge in [0.2, 0.25) is 0 Å².